The minimum absolute atomic E-state index is 0. The van der Waals surface area contributed by atoms with Gasteiger partial charge in [0.2, 0.25) is 0 Å². The van der Waals surface area contributed by atoms with E-state index in [2.05, 4.69) is 0 Å². The quantitative estimate of drug-likeness (QED) is 0.389. The Labute approximate surface area is 96.9 Å². The Morgan fingerprint density at radius 2 is 1.62 bits per heavy atom. The Hall–Kier alpha value is -0.520. The smallest absolute Gasteiger partial charge is 0.860 e. The van der Waals surface area contributed by atoms with Gasteiger partial charge >= 0.3 is 35.2 Å². The van der Waals surface area contributed by atoms with Crippen molar-refractivity contribution >= 4 is 0 Å². The molecule has 1 aromatic heterocycles. The number of nitrogens with zero attached hydrogens (tertiary/aromatic N) is 2. The van der Waals surface area contributed by atoms with Crippen LogP contribution in [0.25, 0.3) is 0 Å². The minimum Gasteiger partial charge on any atom is -0.860 e. The zero-order valence-corrected chi connectivity index (χ0v) is 10.1. The molecule has 1 rings (SSSR count). The number of rotatable bonds is 0. The molecule has 0 aliphatic heterocycles. The summed E-state index contributed by atoms with van der Waals surface area (Å²) < 4.78 is 1.83. The van der Waals surface area contributed by atoms with Gasteiger partial charge in [0.15, 0.2) is 0 Å². The fraction of sp³-hybridized carbons (Fsp3) is 0.429. The topological polar surface area (TPSA) is 67.1 Å². The zero-order valence-electron chi connectivity index (χ0n) is 8.12. The molecule has 0 amide bonds. The molecule has 0 saturated carbocycles. The molecular weight excluding hydrogens is 183 g/mol. The second-order valence-electron chi connectivity index (χ2n) is 2.64. The van der Waals surface area contributed by atoms with Crippen LogP contribution in [0.15, 0.2) is 9.59 Å². The first-order valence-electron chi connectivity index (χ1n) is 3.40. The maximum Gasteiger partial charge on any atom is 1.00 e. The van der Waals surface area contributed by atoms with E-state index in [0.29, 0.717) is 0 Å². The van der Waals surface area contributed by atoms with E-state index in [1.807, 2.05) is 0 Å². The van der Waals surface area contributed by atoms with Crippen LogP contribution in [0.4, 0.5) is 0 Å². The summed E-state index contributed by atoms with van der Waals surface area (Å²) in [5.41, 5.74) is -1.04. The summed E-state index contributed by atoms with van der Waals surface area (Å²) in [6, 6.07) is 0. The third-order valence-electron chi connectivity index (χ3n) is 1.82. The largest absolute Gasteiger partial charge is 1.00 e. The van der Waals surface area contributed by atoms with E-state index in [9.17, 15) is 14.7 Å². The van der Waals surface area contributed by atoms with Gasteiger partial charge in [-0.15, -0.1) is 0 Å². The molecule has 0 radical (unpaired) electrons. The van der Waals surface area contributed by atoms with Crippen molar-refractivity contribution in [3.05, 3.63) is 26.4 Å². The molecule has 5 nitrogen and oxygen atoms in total. The van der Waals surface area contributed by atoms with Gasteiger partial charge in [-0.2, -0.15) is 0 Å². The van der Waals surface area contributed by atoms with Gasteiger partial charge in [0.25, 0.3) is 5.56 Å². The van der Waals surface area contributed by atoms with Crippen molar-refractivity contribution in [3.8, 4) is 5.88 Å². The molecule has 0 saturated heterocycles. The maximum atomic E-state index is 11.1. The van der Waals surface area contributed by atoms with Crippen LogP contribution in [-0.2, 0) is 14.1 Å². The Kier molecular flexibility index (Phi) is 3.96. The van der Waals surface area contributed by atoms with Gasteiger partial charge in [0, 0.05) is 19.7 Å². The van der Waals surface area contributed by atoms with Gasteiger partial charge in [-0.3, -0.25) is 9.36 Å². The minimum atomic E-state index is -0.587. The Morgan fingerprint density at radius 1 is 1.15 bits per heavy atom. The van der Waals surface area contributed by atoms with Crippen LogP contribution in [0.1, 0.15) is 5.56 Å². The van der Waals surface area contributed by atoms with Gasteiger partial charge in [0.1, 0.15) is 0 Å². The van der Waals surface area contributed by atoms with E-state index in [0.717, 1.165) is 9.13 Å². The molecule has 1 heterocycles. The van der Waals surface area contributed by atoms with Gasteiger partial charge < -0.3 is 9.67 Å². The molecule has 0 atom stereocenters. The number of aromatic nitrogens is 2. The Balaban J connectivity index is 0.00000144. The first-order chi connectivity index (χ1) is 5.46. The van der Waals surface area contributed by atoms with Crippen molar-refractivity contribution in [2.75, 3.05) is 0 Å². The van der Waals surface area contributed by atoms with E-state index < -0.39 is 17.1 Å². The molecule has 6 heteroatoms. The molecule has 0 unspecified atom stereocenters. The average Bonchev–Trinajstić information content (AvgIpc) is 2.08. The van der Waals surface area contributed by atoms with Crippen LogP contribution < -0.4 is 45.9 Å². The molecule has 0 aliphatic carbocycles. The van der Waals surface area contributed by atoms with Crippen LogP contribution in [-0.4, -0.2) is 9.13 Å². The first-order valence-corrected chi connectivity index (χ1v) is 3.40. The van der Waals surface area contributed by atoms with Crippen molar-refractivity contribution in [2.24, 2.45) is 14.1 Å². The van der Waals surface area contributed by atoms with E-state index in [1.54, 1.807) is 0 Å². The summed E-state index contributed by atoms with van der Waals surface area (Å²) in [5, 5.41) is 11.1. The van der Waals surface area contributed by atoms with Gasteiger partial charge in [-0.1, -0.05) is 0 Å². The maximum absolute atomic E-state index is 11.1. The van der Waals surface area contributed by atoms with Gasteiger partial charge in [0.05, 0.1) is 0 Å². The average molecular weight is 192 g/mol. The van der Waals surface area contributed by atoms with Gasteiger partial charge in [-0.25, -0.2) is 4.79 Å². The zero-order chi connectivity index (χ0) is 9.46. The van der Waals surface area contributed by atoms with Crippen LogP contribution in [0.2, 0.25) is 0 Å². The van der Waals surface area contributed by atoms with Crippen molar-refractivity contribution in [1.82, 2.24) is 9.13 Å². The molecule has 13 heavy (non-hydrogen) atoms. The molecular formula is C7H9N2NaO3. The van der Waals surface area contributed by atoms with Crippen LogP contribution in [0, 0.1) is 6.92 Å². The monoisotopic (exact) mass is 192 g/mol. The van der Waals surface area contributed by atoms with E-state index >= 15 is 0 Å². The molecule has 0 bridgehead atoms. The van der Waals surface area contributed by atoms with Crippen LogP contribution in [0.5, 0.6) is 5.88 Å². The fourth-order valence-corrected chi connectivity index (χ4v) is 0.993. The van der Waals surface area contributed by atoms with Crippen molar-refractivity contribution in [1.29, 1.82) is 0 Å². The van der Waals surface area contributed by atoms with Gasteiger partial charge in [-0.05, 0) is 12.8 Å². The van der Waals surface area contributed by atoms with E-state index in [-0.39, 0.29) is 35.1 Å². The third-order valence-corrected chi connectivity index (χ3v) is 1.82. The molecule has 0 aliphatic rings. The summed E-state index contributed by atoms with van der Waals surface area (Å²) >= 11 is 0. The summed E-state index contributed by atoms with van der Waals surface area (Å²) in [7, 11) is 2.69. The molecule has 0 N–H and O–H groups in total. The molecule has 0 spiro atoms. The van der Waals surface area contributed by atoms with E-state index in [1.165, 1.54) is 21.0 Å². The summed E-state index contributed by atoms with van der Waals surface area (Å²) in [5.74, 6) is -0.525. The summed E-state index contributed by atoms with van der Waals surface area (Å²) in [6.45, 7) is 1.41. The van der Waals surface area contributed by atoms with Crippen molar-refractivity contribution < 1.29 is 34.7 Å². The normalized spacial score (nSPS) is 9.46. The van der Waals surface area contributed by atoms with Crippen molar-refractivity contribution in [3.63, 3.8) is 0 Å². The Morgan fingerprint density at radius 3 is 2.08 bits per heavy atom. The second-order valence-corrected chi connectivity index (χ2v) is 2.64. The standard InChI is InChI=1S/C7H10N2O3.Na/c1-4-5(10)8(2)7(12)9(3)6(4)11;/h10H,1-3H3;/q;+1/p-1. The van der Waals surface area contributed by atoms with Crippen LogP contribution >= 0.6 is 0 Å². The van der Waals surface area contributed by atoms with Crippen LogP contribution in [0.3, 0.4) is 0 Å². The molecule has 0 fully saturated rings. The molecule has 1 aromatic rings. The second kappa shape index (κ2) is 4.13. The SMILES string of the molecule is Cc1c([O-])n(C)c(=O)n(C)c1=O.[Na+]. The predicted molar refractivity (Wildman–Crippen MR) is 41.1 cm³/mol. The number of hydrogen-bond donors (Lipinski definition) is 0. The molecule has 66 valence electrons. The van der Waals surface area contributed by atoms with Crippen molar-refractivity contribution in [2.45, 2.75) is 6.92 Å². The third kappa shape index (κ3) is 1.87. The Bertz CT molecular complexity index is 395. The predicted octanol–water partition coefficient (Wildman–Crippen LogP) is -4.53. The summed E-state index contributed by atoms with van der Waals surface area (Å²) in [6.07, 6.45) is 0. The van der Waals surface area contributed by atoms with E-state index in [4.69, 9.17) is 0 Å². The molecule has 0 aromatic carbocycles. The summed E-state index contributed by atoms with van der Waals surface area (Å²) in [4.78, 5) is 22.2. The fourth-order valence-electron chi connectivity index (χ4n) is 0.993. The first kappa shape index (κ1) is 12.5. The number of hydrogen-bond acceptors (Lipinski definition) is 3.